The van der Waals surface area contributed by atoms with E-state index in [1.807, 2.05) is 34.0 Å². The molecule has 6 heterocycles. The molecule has 2 aromatic carbocycles. The molecule has 21 heteroatoms. The van der Waals surface area contributed by atoms with Crippen molar-refractivity contribution in [2.45, 2.75) is 212 Å². The van der Waals surface area contributed by atoms with Crippen LogP contribution in [0.1, 0.15) is 181 Å². The molecule has 91 heavy (non-hydrogen) atoms. The van der Waals surface area contributed by atoms with Crippen molar-refractivity contribution < 1.29 is 139 Å². The minimum Gasteiger partial charge on any atom is -1.00 e. The second-order valence-electron chi connectivity index (χ2n) is 24.1. The average Bonchev–Trinajstić information content (AvgIpc) is 1.66. The molecule has 0 N–H and O–H groups in total. The second kappa shape index (κ2) is 42.2. The van der Waals surface area contributed by atoms with Crippen LogP contribution >= 0.6 is 62.3 Å². The number of ether oxygens (including phenoxy) is 3. The standard InChI is InChI=1S/C25H31N3OS.2C17H22N2OS.C9H11Br.CH3F.CH2O3.ClH.2K.H/c1-28(16-6-9-18-7-3-2-4-8-18)19-12-14-20(15-13-19)29-24-23-21-10-5-11-22(21)30-25(23)27-17-26-24;2*1-2-11-6-8-12(9-7-11)20-16-15-13-4-3-5-14(13)21-17(15)19-10-18-16;10-8-4-7-9-5-2-1-3-6-9;1-2;2-1-4-3;;;;/h2-4,7-8,17,19-20H,5-6,9-16H2,1H3;2*10-12H,2-9H2,1H3;1-3,5-6H,4,7-8H2;1H3;1,3H;1H;;;/q;;;;;;;2*+1;-1/p-1/i;;;;1D;;;;;. The van der Waals surface area contributed by atoms with Gasteiger partial charge in [0.15, 0.2) is 0 Å². The number of halogens is 3. The van der Waals surface area contributed by atoms with Crippen molar-refractivity contribution in [3.8, 4) is 17.6 Å². The molecule has 0 saturated heterocycles. The molecular weight excluding hydrogens is 1340 g/mol. The van der Waals surface area contributed by atoms with Crippen molar-refractivity contribution in [3.63, 3.8) is 0 Å². The monoisotopic (exact) mass is 1430 g/mol. The first-order valence-electron chi connectivity index (χ1n) is 33.1. The first-order chi connectivity index (χ1) is 43.7. The number of aryl methyl sites for hydroxylation is 8. The van der Waals surface area contributed by atoms with Crippen LogP contribution in [0.4, 0.5) is 4.39 Å². The van der Waals surface area contributed by atoms with Crippen molar-refractivity contribution in [3.05, 3.63) is 122 Å². The molecule has 6 aliphatic carbocycles. The number of rotatable bonds is 17. The summed E-state index contributed by atoms with van der Waals surface area (Å²) in [4.78, 5) is 48.5. The summed E-state index contributed by atoms with van der Waals surface area (Å²) in [5.41, 5.74) is 7.26. The van der Waals surface area contributed by atoms with Crippen LogP contribution in [0.15, 0.2) is 79.6 Å². The zero-order valence-corrected chi connectivity index (χ0v) is 65.3. The van der Waals surface area contributed by atoms with E-state index in [2.05, 4.69) is 137 Å². The van der Waals surface area contributed by atoms with Crippen LogP contribution in [-0.4, -0.2) is 91.7 Å². The first kappa shape index (κ1) is 76.7. The van der Waals surface area contributed by atoms with E-state index in [9.17, 15) is 4.39 Å². The minimum absolute atomic E-state index is 0. The fourth-order valence-electron chi connectivity index (χ4n) is 13.6. The zero-order chi connectivity index (χ0) is 62.2. The number of carbonyl (C=O) groups excluding carboxylic acids is 1. The van der Waals surface area contributed by atoms with Crippen molar-refractivity contribution >= 4 is 99.5 Å². The molecule has 0 bridgehead atoms. The summed E-state index contributed by atoms with van der Waals surface area (Å²) in [6.07, 6.45) is 38.9. The predicted octanol–water partition coefficient (Wildman–Crippen LogP) is 11.1. The Bertz CT molecular complexity index is 3290. The van der Waals surface area contributed by atoms with Crippen molar-refractivity contribution in [2.75, 3.05) is 26.1 Å². The number of hydrogen-bond acceptors (Lipinski definition) is 16. The topological polar surface area (TPSA) is 158 Å². The molecule has 0 amide bonds. The maximum Gasteiger partial charge on any atom is 1.00 e. The first-order valence-corrected chi connectivity index (χ1v) is 36.0. The summed E-state index contributed by atoms with van der Waals surface area (Å²) < 4.78 is 34.6. The number of thiophene rings is 3. The van der Waals surface area contributed by atoms with Crippen LogP contribution < -0.4 is 122 Å². The molecule has 0 radical (unpaired) electrons. The van der Waals surface area contributed by atoms with Gasteiger partial charge in [-0.3, -0.25) is 9.18 Å². The number of nitrogens with zero attached hydrogens (tertiary/aromatic N) is 7. The third-order valence-corrected chi connectivity index (χ3v) is 22.7. The summed E-state index contributed by atoms with van der Waals surface area (Å²) in [5, 5.41) is 13.2. The van der Waals surface area contributed by atoms with Gasteiger partial charge in [0.05, 0.1) is 24.7 Å². The van der Waals surface area contributed by atoms with Gasteiger partial charge in [0.25, 0.3) is 6.47 Å². The van der Waals surface area contributed by atoms with Crippen molar-refractivity contribution in [1.82, 2.24) is 34.8 Å². The Morgan fingerprint density at radius 2 is 0.923 bits per heavy atom. The van der Waals surface area contributed by atoms with E-state index < -0.39 is 7.15 Å². The fourth-order valence-corrected chi connectivity index (χ4v) is 17.6. The average molecular weight is 1440 g/mol. The molecule has 0 spiro atoms. The second-order valence-corrected chi connectivity index (χ2v) is 28.1. The largest absolute Gasteiger partial charge is 1.00 e. The van der Waals surface area contributed by atoms with Gasteiger partial charge in [-0.05, 0) is 214 Å². The van der Waals surface area contributed by atoms with Crippen LogP contribution in [-0.2, 0) is 61.0 Å². The summed E-state index contributed by atoms with van der Waals surface area (Å²) in [6.45, 7) is 5.58. The maximum absolute atomic E-state index is 9.96. The van der Waals surface area contributed by atoms with Crippen LogP contribution in [0.25, 0.3) is 30.6 Å². The number of carbonyl (C=O) groups is 1. The molecular formula is C70H92BrClFK2N7O6S3. The van der Waals surface area contributed by atoms with Gasteiger partial charge < -0.3 is 30.7 Å². The summed E-state index contributed by atoms with van der Waals surface area (Å²) >= 11 is 8.91. The molecule has 8 aromatic rings. The molecule has 3 fully saturated rings. The van der Waals surface area contributed by atoms with Gasteiger partial charge >= 0.3 is 103 Å². The van der Waals surface area contributed by atoms with Crippen LogP contribution in [0.5, 0.6) is 17.6 Å². The number of benzene rings is 2. The van der Waals surface area contributed by atoms with Gasteiger partial charge in [0.1, 0.15) is 51.8 Å². The molecule has 3 saturated carbocycles. The quantitative estimate of drug-likeness (QED) is 0.0279. The molecule has 13 nitrogen and oxygen atoms in total. The fraction of sp³-hybridized carbons (Fsp3) is 0.557. The molecule has 14 rings (SSSR count). The van der Waals surface area contributed by atoms with Crippen molar-refractivity contribution in [2.24, 2.45) is 11.8 Å². The third-order valence-electron chi connectivity index (χ3n) is 18.5. The number of alkyl halides is 2. The van der Waals surface area contributed by atoms with E-state index >= 15 is 0 Å². The predicted molar refractivity (Wildman–Crippen MR) is 367 cm³/mol. The van der Waals surface area contributed by atoms with Gasteiger partial charge in [-0.25, -0.2) is 29.9 Å². The molecule has 0 aliphatic heterocycles. The zero-order valence-electron chi connectivity index (χ0n) is 56.2. The smallest absolute Gasteiger partial charge is 1.00 e. The SMILES string of the molecule is BrCCCc1ccccc1.CCC1CCC(Oc2ncnc3sc4c(c23)CCC4)CC1.CCC1CCC(Oc2ncnc3sc4c(c23)CCC4)CC1.CN(CCCc1ccccc1)C1CCC(Oc2ncnc3sc4c(c23)CCC4)CC1.Cl.O=CO[O-].[2H]CF.[H-].[K+].[K+]. The molecule has 0 unspecified atom stereocenters. The third kappa shape index (κ3) is 22.4. The Morgan fingerprint density at radius 3 is 1.25 bits per heavy atom. The Balaban J connectivity index is 0.000000224. The van der Waals surface area contributed by atoms with Gasteiger partial charge in [0.2, 0.25) is 17.6 Å². The number of hydrogen-bond donors (Lipinski definition) is 0. The molecule has 0 atom stereocenters. The van der Waals surface area contributed by atoms with E-state index in [-0.39, 0.29) is 129 Å². The Hall–Kier alpha value is -1.68. The van der Waals surface area contributed by atoms with E-state index in [1.165, 1.54) is 213 Å². The Morgan fingerprint density at radius 1 is 0.582 bits per heavy atom. The maximum atomic E-state index is 9.96. The molecule has 484 valence electrons. The Kier molecular flexibility index (Phi) is 35.6. The number of fused-ring (bicyclic) bond motifs is 9. The molecule has 6 aliphatic rings. The normalized spacial score (nSPS) is 20.1. The van der Waals surface area contributed by atoms with Crippen molar-refractivity contribution in [1.29, 1.82) is 0 Å². The van der Waals surface area contributed by atoms with Gasteiger partial charge in [-0.2, -0.15) is 0 Å². The van der Waals surface area contributed by atoms with Gasteiger partial charge in [-0.15, -0.1) is 46.4 Å². The van der Waals surface area contributed by atoms with Gasteiger partial charge in [-0.1, -0.05) is 103 Å². The number of aromatic nitrogens is 6. The van der Waals surface area contributed by atoms with E-state index in [4.69, 9.17) is 25.6 Å². The van der Waals surface area contributed by atoms with Crippen LogP contribution in [0, 0.1) is 11.8 Å². The minimum atomic E-state index is -1.00. The van der Waals surface area contributed by atoms with E-state index in [0.29, 0.717) is 18.2 Å². The van der Waals surface area contributed by atoms with Crippen LogP contribution in [0.2, 0.25) is 0 Å². The van der Waals surface area contributed by atoms with E-state index in [1.54, 1.807) is 19.0 Å². The van der Waals surface area contributed by atoms with Gasteiger partial charge in [0, 0.05) is 26.0 Å². The summed E-state index contributed by atoms with van der Waals surface area (Å²) in [7, 11) is 1.29. The summed E-state index contributed by atoms with van der Waals surface area (Å²) in [6, 6.07) is 22.1. The Labute approximate surface area is 654 Å². The summed E-state index contributed by atoms with van der Waals surface area (Å²) in [5.74, 6) is 4.33. The molecule has 6 aromatic heterocycles. The van der Waals surface area contributed by atoms with Crippen LogP contribution in [0.3, 0.4) is 0 Å². The van der Waals surface area contributed by atoms with E-state index in [0.717, 1.165) is 75.0 Å².